The number of nitrogens with one attached hydrogen (secondary N) is 2. The van der Waals surface area contributed by atoms with Crippen molar-refractivity contribution in [1.29, 1.82) is 0 Å². The van der Waals surface area contributed by atoms with Crippen molar-refractivity contribution in [2.75, 3.05) is 16.8 Å². The highest BCUT2D eigenvalue weighted by Crippen LogP contribution is 2.28. The maximum absolute atomic E-state index is 12.6. The van der Waals surface area contributed by atoms with E-state index in [0.717, 1.165) is 23.5 Å². The number of benzene rings is 1. The van der Waals surface area contributed by atoms with Crippen LogP contribution >= 0.6 is 0 Å². The van der Waals surface area contributed by atoms with E-state index in [0.29, 0.717) is 18.4 Å². The number of rotatable bonds is 5. The number of aromatic amines is 1. The number of carbonyl (C=O) groups excluding carboxylic acids is 2. The van der Waals surface area contributed by atoms with E-state index >= 15 is 0 Å². The summed E-state index contributed by atoms with van der Waals surface area (Å²) >= 11 is 0. The minimum Gasteiger partial charge on any atom is -0.311 e. The molecule has 28 heavy (non-hydrogen) atoms. The van der Waals surface area contributed by atoms with E-state index in [1.807, 2.05) is 31.2 Å². The van der Waals surface area contributed by atoms with Gasteiger partial charge in [-0.2, -0.15) is 4.98 Å². The van der Waals surface area contributed by atoms with Gasteiger partial charge in [-0.15, -0.1) is 5.10 Å². The van der Waals surface area contributed by atoms with Crippen molar-refractivity contribution < 1.29 is 9.59 Å². The topological polar surface area (TPSA) is 91.0 Å². The van der Waals surface area contributed by atoms with Crippen molar-refractivity contribution in [1.82, 2.24) is 15.2 Å². The van der Waals surface area contributed by atoms with Crippen LogP contribution in [0.25, 0.3) is 0 Å². The molecule has 7 nitrogen and oxygen atoms in total. The summed E-state index contributed by atoms with van der Waals surface area (Å²) in [5.41, 5.74) is 1.90. The fourth-order valence-corrected chi connectivity index (χ4v) is 4.30. The van der Waals surface area contributed by atoms with Crippen LogP contribution in [0.15, 0.2) is 24.3 Å². The summed E-state index contributed by atoms with van der Waals surface area (Å²) in [4.78, 5) is 31.2. The van der Waals surface area contributed by atoms with Gasteiger partial charge < -0.3 is 4.90 Å². The van der Waals surface area contributed by atoms with Gasteiger partial charge in [0.05, 0.1) is 5.92 Å². The monoisotopic (exact) mass is 381 g/mol. The molecule has 2 amide bonds. The Labute approximate surface area is 164 Å². The zero-order valence-electron chi connectivity index (χ0n) is 16.3. The number of H-pyrrole nitrogens is 1. The summed E-state index contributed by atoms with van der Waals surface area (Å²) in [5.74, 6) is 1.16. The van der Waals surface area contributed by atoms with Gasteiger partial charge in [-0.05, 0) is 24.5 Å². The van der Waals surface area contributed by atoms with Crippen molar-refractivity contribution in [2.45, 2.75) is 51.9 Å². The average Bonchev–Trinajstić information content (AvgIpc) is 3.29. The van der Waals surface area contributed by atoms with Crippen LogP contribution in [-0.2, 0) is 16.0 Å². The lowest BCUT2D eigenvalue weighted by molar-refractivity contribution is -0.122. The summed E-state index contributed by atoms with van der Waals surface area (Å²) in [5, 5.41) is 9.86. The van der Waals surface area contributed by atoms with Crippen LogP contribution < -0.4 is 10.2 Å². The van der Waals surface area contributed by atoms with E-state index in [4.69, 9.17) is 0 Å². The van der Waals surface area contributed by atoms with E-state index in [9.17, 15) is 9.59 Å². The van der Waals surface area contributed by atoms with Gasteiger partial charge in [0.15, 0.2) is 0 Å². The Bertz CT molecular complexity index is 856. The van der Waals surface area contributed by atoms with Crippen LogP contribution in [0.1, 0.15) is 49.9 Å². The zero-order valence-corrected chi connectivity index (χ0v) is 16.3. The molecular weight excluding hydrogens is 354 g/mol. The quantitative estimate of drug-likeness (QED) is 0.832. The maximum Gasteiger partial charge on any atom is 0.248 e. The summed E-state index contributed by atoms with van der Waals surface area (Å²) in [6.45, 7) is 2.35. The number of aromatic nitrogens is 3. The third-order valence-electron chi connectivity index (χ3n) is 5.88. The van der Waals surface area contributed by atoms with Gasteiger partial charge in [0.2, 0.25) is 17.8 Å². The summed E-state index contributed by atoms with van der Waals surface area (Å²) < 4.78 is 0. The summed E-state index contributed by atoms with van der Waals surface area (Å²) in [6, 6.07) is 7.74. The predicted octanol–water partition coefficient (Wildman–Crippen LogP) is 3.23. The molecule has 2 aliphatic rings. The molecule has 1 aliphatic carbocycles. The smallest absolute Gasteiger partial charge is 0.248 e. The second-order valence-corrected chi connectivity index (χ2v) is 7.99. The molecule has 2 fully saturated rings. The molecule has 1 aromatic carbocycles. The van der Waals surface area contributed by atoms with Gasteiger partial charge in [-0.3, -0.25) is 20.0 Å². The average molecular weight is 381 g/mol. The zero-order chi connectivity index (χ0) is 19.5. The number of para-hydroxylation sites is 1. The lowest BCUT2D eigenvalue weighted by Crippen LogP contribution is -2.28. The first-order chi connectivity index (χ1) is 13.6. The molecule has 1 aliphatic heterocycles. The van der Waals surface area contributed by atoms with Crippen LogP contribution in [-0.4, -0.2) is 33.5 Å². The van der Waals surface area contributed by atoms with Gasteiger partial charge in [-0.1, -0.05) is 50.3 Å². The van der Waals surface area contributed by atoms with E-state index in [2.05, 4.69) is 20.5 Å². The summed E-state index contributed by atoms with van der Waals surface area (Å²) in [7, 11) is 0. The third kappa shape index (κ3) is 4.08. The lowest BCUT2D eigenvalue weighted by Gasteiger charge is -2.19. The van der Waals surface area contributed by atoms with Gasteiger partial charge in [0.25, 0.3) is 0 Å². The molecule has 1 aromatic heterocycles. The van der Waals surface area contributed by atoms with E-state index < -0.39 is 5.92 Å². The van der Waals surface area contributed by atoms with Crippen molar-refractivity contribution in [3.05, 3.63) is 35.7 Å². The van der Waals surface area contributed by atoms with Gasteiger partial charge in [-0.25, -0.2) is 0 Å². The minimum absolute atomic E-state index is 0.0255. The fraction of sp³-hybridized carbons (Fsp3) is 0.524. The first-order valence-electron chi connectivity index (χ1n) is 10.2. The Morgan fingerprint density at radius 3 is 2.82 bits per heavy atom. The van der Waals surface area contributed by atoms with Crippen LogP contribution in [0.2, 0.25) is 0 Å². The molecule has 1 saturated carbocycles. The van der Waals surface area contributed by atoms with E-state index in [1.54, 1.807) is 4.90 Å². The van der Waals surface area contributed by atoms with Crippen LogP contribution in [0.5, 0.6) is 0 Å². The molecule has 0 bridgehead atoms. The van der Waals surface area contributed by atoms with Crippen molar-refractivity contribution in [3.8, 4) is 0 Å². The van der Waals surface area contributed by atoms with Gasteiger partial charge in [0, 0.05) is 25.1 Å². The Kier molecular flexibility index (Phi) is 5.41. The molecule has 0 spiro atoms. The number of aryl methyl sites for hydroxylation is 1. The Morgan fingerprint density at radius 1 is 1.25 bits per heavy atom. The van der Waals surface area contributed by atoms with Crippen molar-refractivity contribution in [3.63, 3.8) is 0 Å². The molecule has 1 saturated heterocycles. The highest BCUT2D eigenvalue weighted by atomic mass is 16.2. The molecule has 2 heterocycles. The molecule has 148 valence electrons. The highest BCUT2D eigenvalue weighted by molar-refractivity contribution is 6.03. The van der Waals surface area contributed by atoms with Gasteiger partial charge in [0.1, 0.15) is 5.82 Å². The first-order valence-corrected chi connectivity index (χ1v) is 10.2. The van der Waals surface area contributed by atoms with Crippen LogP contribution in [0, 0.1) is 18.8 Å². The molecular formula is C21H27N5O2. The largest absolute Gasteiger partial charge is 0.311 e. The molecule has 4 rings (SSSR count). The van der Waals surface area contributed by atoms with Crippen molar-refractivity contribution in [2.24, 2.45) is 11.8 Å². The number of anilines is 2. The van der Waals surface area contributed by atoms with Gasteiger partial charge >= 0.3 is 0 Å². The SMILES string of the molecule is Cc1ccccc1N1CC(C(=O)Nc2n[nH]c(CC3CCCCC3)n2)CC1=O. The molecule has 7 heteroatoms. The number of carbonyl (C=O) groups is 2. The molecule has 2 N–H and O–H groups in total. The number of nitrogens with zero attached hydrogens (tertiary/aromatic N) is 3. The molecule has 1 unspecified atom stereocenters. The lowest BCUT2D eigenvalue weighted by atomic mass is 9.87. The summed E-state index contributed by atoms with van der Waals surface area (Å²) in [6.07, 6.45) is 7.47. The first kappa shape index (κ1) is 18.7. The third-order valence-corrected chi connectivity index (χ3v) is 5.88. The van der Waals surface area contributed by atoms with E-state index in [-0.39, 0.29) is 18.2 Å². The van der Waals surface area contributed by atoms with E-state index in [1.165, 1.54) is 32.1 Å². The Balaban J connectivity index is 1.35. The number of amides is 2. The number of hydrogen-bond acceptors (Lipinski definition) is 4. The number of hydrogen-bond donors (Lipinski definition) is 2. The van der Waals surface area contributed by atoms with Crippen LogP contribution in [0.4, 0.5) is 11.6 Å². The predicted molar refractivity (Wildman–Crippen MR) is 107 cm³/mol. The van der Waals surface area contributed by atoms with Crippen molar-refractivity contribution >= 4 is 23.5 Å². The standard InChI is InChI=1S/C21H27N5O2/c1-14-7-5-6-10-17(14)26-13-16(12-19(26)27)20(28)23-21-22-18(24-25-21)11-15-8-3-2-4-9-15/h5-7,10,15-16H,2-4,8-9,11-13H2,1H3,(H2,22,23,24,25,28). The molecule has 2 aromatic rings. The molecule has 0 radical (unpaired) electrons. The maximum atomic E-state index is 12.6. The minimum atomic E-state index is -0.396. The highest BCUT2D eigenvalue weighted by Gasteiger charge is 2.36. The normalized spacial score (nSPS) is 20.5. The Morgan fingerprint density at radius 2 is 2.04 bits per heavy atom. The second kappa shape index (κ2) is 8.12. The molecule has 1 atom stereocenters. The second-order valence-electron chi connectivity index (χ2n) is 7.99. The Hall–Kier alpha value is -2.70. The van der Waals surface area contributed by atoms with Crippen LogP contribution in [0.3, 0.4) is 0 Å². The fourth-order valence-electron chi connectivity index (χ4n) is 4.30.